The molecule has 1 aromatic heterocycles. The average molecular weight is 222 g/mol. The van der Waals surface area contributed by atoms with Crippen LogP contribution in [0.1, 0.15) is 18.9 Å². The third-order valence-electron chi connectivity index (χ3n) is 2.34. The van der Waals surface area contributed by atoms with Gasteiger partial charge in [-0.3, -0.25) is 9.78 Å². The molecule has 4 heteroatoms. The van der Waals surface area contributed by atoms with Gasteiger partial charge in [0.2, 0.25) is 5.91 Å². The molecule has 0 saturated carbocycles. The minimum absolute atomic E-state index is 0.0534. The molecule has 1 atom stereocenters. The van der Waals surface area contributed by atoms with Gasteiger partial charge in [0, 0.05) is 32.4 Å². The van der Waals surface area contributed by atoms with Crippen LogP contribution in [0.25, 0.3) is 0 Å². The van der Waals surface area contributed by atoms with Crippen molar-refractivity contribution in [3.05, 3.63) is 30.1 Å². The predicted molar refractivity (Wildman–Crippen MR) is 61.9 cm³/mol. The Morgan fingerprint density at radius 2 is 2.12 bits per heavy atom. The molecule has 4 nitrogen and oxygen atoms in total. The van der Waals surface area contributed by atoms with Gasteiger partial charge >= 0.3 is 0 Å². The van der Waals surface area contributed by atoms with Crippen LogP contribution in [0.2, 0.25) is 0 Å². The number of carbonyl (C=O) groups excluding carboxylic acids is 1. The molecule has 1 heterocycles. The number of rotatable bonds is 5. The molecule has 0 aromatic carbocycles. The maximum absolute atomic E-state index is 11.7. The number of pyridine rings is 1. The topological polar surface area (TPSA) is 53.4 Å². The maximum Gasteiger partial charge on any atom is 0.222 e. The minimum Gasteiger partial charge on any atom is -0.392 e. The van der Waals surface area contributed by atoms with Crippen molar-refractivity contribution in [1.82, 2.24) is 9.88 Å². The zero-order chi connectivity index (χ0) is 12.0. The standard InChI is InChI=1S/C12H18N2O2/c1-10(15)9-14(2)12(16)4-3-11-5-7-13-8-6-11/h5-8,10,15H,3-4,9H2,1-2H3. The van der Waals surface area contributed by atoms with Crippen LogP contribution in [0, 0.1) is 0 Å². The van der Waals surface area contributed by atoms with Crippen LogP contribution in [0.3, 0.4) is 0 Å². The molecule has 1 unspecified atom stereocenters. The van der Waals surface area contributed by atoms with E-state index in [1.807, 2.05) is 12.1 Å². The lowest BCUT2D eigenvalue weighted by Gasteiger charge is -2.18. The van der Waals surface area contributed by atoms with Gasteiger partial charge in [-0.1, -0.05) is 0 Å². The average Bonchev–Trinajstić information content (AvgIpc) is 2.26. The molecule has 1 amide bonds. The van der Waals surface area contributed by atoms with Crippen molar-refractivity contribution in [2.24, 2.45) is 0 Å². The molecule has 1 aromatic rings. The zero-order valence-corrected chi connectivity index (χ0v) is 9.76. The third-order valence-corrected chi connectivity index (χ3v) is 2.34. The van der Waals surface area contributed by atoms with Gasteiger partial charge in [-0.25, -0.2) is 0 Å². The molecule has 0 spiro atoms. The summed E-state index contributed by atoms with van der Waals surface area (Å²) in [4.78, 5) is 17.1. The van der Waals surface area contributed by atoms with Gasteiger partial charge in [0.05, 0.1) is 6.10 Å². The first kappa shape index (κ1) is 12.6. The van der Waals surface area contributed by atoms with Crippen LogP contribution < -0.4 is 0 Å². The second kappa shape index (κ2) is 6.23. The summed E-state index contributed by atoms with van der Waals surface area (Å²) in [6.45, 7) is 2.06. The van der Waals surface area contributed by atoms with E-state index in [4.69, 9.17) is 5.11 Å². The monoisotopic (exact) mass is 222 g/mol. The van der Waals surface area contributed by atoms with Crippen molar-refractivity contribution in [3.8, 4) is 0 Å². The highest BCUT2D eigenvalue weighted by molar-refractivity contribution is 5.76. The molecule has 0 aliphatic carbocycles. The fourth-order valence-corrected chi connectivity index (χ4v) is 1.49. The molecular formula is C12H18N2O2. The number of likely N-dealkylation sites (N-methyl/N-ethyl adjacent to an activating group) is 1. The number of aromatic nitrogens is 1. The highest BCUT2D eigenvalue weighted by Crippen LogP contribution is 2.03. The fourth-order valence-electron chi connectivity index (χ4n) is 1.49. The first-order valence-corrected chi connectivity index (χ1v) is 5.40. The summed E-state index contributed by atoms with van der Waals surface area (Å²) in [5.41, 5.74) is 1.11. The van der Waals surface area contributed by atoms with E-state index in [1.54, 1.807) is 31.3 Å². The molecule has 0 aliphatic heterocycles. The van der Waals surface area contributed by atoms with Gasteiger partial charge in [-0.2, -0.15) is 0 Å². The Morgan fingerprint density at radius 3 is 2.69 bits per heavy atom. The van der Waals surface area contributed by atoms with Crippen molar-refractivity contribution in [1.29, 1.82) is 0 Å². The van der Waals surface area contributed by atoms with E-state index < -0.39 is 6.10 Å². The van der Waals surface area contributed by atoms with Gasteiger partial charge in [0.15, 0.2) is 0 Å². The van der Waals surface area contributed by atoms with E-state index >= 15 is 0 Å². The quantitative estimate of drug-likeness (QED) is 0.803. The summed E-state index contributed by atoms with van der Waals surface area (Å²) in [5, 5.41) is 9.15. The summed E-state index contributed by atoms with van der Waals surface area (Å²) < 4.78 is 0. The molecule has 1 rings (SSSR count). The van der Waals surface area contributed by atoms with E-state index in [9.17, 15) is 4.79 Å². The van der Waals surface area contributed by atoms with E-state index in [1.165, 1.54) is 0 Å². The maximum atomic E-state index is 11.7. The van der Waals surface area contributed by atoms with Crippen LogP contribution in [0.15, 0.2) is 24.5 Å². The Balaban J connectivity index is 2.35. The highest BCUT2D eigenvalue weighted by Gasteiger charge is 2.10. The summed E-state index contributed by atoms with van der Waals surface area (Å²) in [6.07, 6.45) is 4.15. The second-order valence-corrected chi connectivity index (χ2v) is 3.98. The first-order chi connectivity index (χ1) is 7.59. The number of aliphatic hydroxyl groups is 1. The molecule has 0 bridgehead atoms. The fraction of sp³-hybridized carbons (Fsp3) is 0.500. The third kappa shape index (κ3) is 4.40. The summed E-state index contributed by atoms with van der Waals surface area (Å²) in [6, 6.07) is 3.81. The Kier molecular flexibility index (Phi) is 4.92. The van der Waals surface area contributed by atoms with Crippen LogP contribution in [-0.2, 0) is 11.2 Å². The van der Waals surface area contributed by atoms with Gasteiger partial charge in [-0.05, 0) is 31.0 Å². The number of nitrogens with zero attached hydrogens (tertiary/aromatic N) is 2. The van der Waals surface area contributed by atoms with Crippen molar-refractivity contribution in [2.45, 2.75) is 25.9 Å². The lowest BCUT2D eigenvalue weighted by molar-refractivity contribution is -0.131. The number of hydrogen-bond acceptors (Lipinski definition) is 3. The first-order valence-electron chi connectivity index (χ1n) is 5.40. The molecule has 0 saturated heterocycles. The summed E-state index contributed by atoms with van der Waals surface area (Å²) in [5.74, 6) is 0.0534. The Bertz CT molecular complexity index is 325. The molecular weight excluding hydrogens is 204 g/mol. The van der Waals surface area contributed by atoms with Gasteiger partial charge in [0.25, 0.3) is 0 Å². The lowest BCUT2D eigenvalue weighted by Crippen LogP contribution is -2.33. The number of amides is 1. The SMILES string of the molecule is CC(O)CN(C)C(=O)CCc1ccncc1. The van der Waals surface area contributed by atoms with Gasteiger partial charge < -0.3 is 10.0 Å². The number of carbonyl (C=O) groups is 1. The van der Waals surface area contributed by atoms with Gasteiger partial charge in [-0.15, -0.1) is 0 Å². The number of aryl methyl sites for hydroxylation is 1. The van der Waals surface area contributed by atoms with Crippen molar-refractivity contribution < 1.29 is 9.90 Å². The molecule has 88 valence electrons. The molecule has 1 N–H and O–H groups in total. The van der Waals surface area contributed by atoms with Gasteiger partial charge in [0.1, 0.15) is 0 Å². The zero-order valence-electron chi connectivity index (χ0n) is 9.76. The van der Waals surface area contributed by atoms with Crippen molar-refractivity contribution in [3.63, 3.8) is 0 Å². The molecule has 0 fully saturated rings. The minimum atomic E-state index is -0.477. The van der Waals surface area contributed by atoms with Crippen LogP contribution >= 0.6 is 0 Å². The largest absolute Gasteiger partial charge is 0.392 e. The van der Waals surface area contributed by atoms with E-state index in [0.29, 0.717) is 19.4 Å². The summed E-state index contributed by atoms with van der Waals surface area (Å²) in [7, 11) is 1.71. The van der Waals surface area contributed by atoms with Crippen LogP contribution in [-0.4, -0.2) is 40.6 Å². The highest BCUT2D eigenvalue weighted by atomic mass is 16.3. The van der Waals surface area contributed by atoms with E-state index in [0.717, 1.165) is 5.56 Å². The molecule has 16 heavy (non-hydrogen) atoms. The Hall–Kier alpha value is -1.42. The van der Waals surface area contributed by atoms with Crippen molar-refractivity contribution >= 4 is 5.91 Å². The number of aliphatic hydroxyl groups excluding tert-OH is 1. The molecule has 0 aliphatic rings. The smallest absolute Gasteiger partial charge is 0.222 e. The van der Waals surface area contributed by atoms with Crippen molar-refractivity contribution in [2.75, 3.05) is 13.6 Å². The van der Waals surface area contributed by atoms with Crippen LogP contribution in [0.4, 0.5) is 0 Å². The predicted octanol–water partition coefficient (Wildman–Crippen LogP) is 0.853. The number of hydrogen-bond donors (Lipinski definition) is 1. The Morgan fingerprint density at radius 1 is 1.50 bits per heavy atom. The second-order valence-electron chi connectivity index (χ2n) is 3.98. The lowest BCUT2D eigenvalue weighted by atomic mass is 10.1. The Labute approximate surface area is 95.9 Å². The van der Waals surface area contributed by atoms with E-state index in [-0.39, 0.29) is 5.91 Å². The molecule has 0 radical (unpaired) electrons. The normalized spacial score (nSPS) is 12.2. The van der Waals surface area contributed by atoms with E-state index in [2.05, 4.69) is 4.98 Å². The summed E-state index contributed by atoms with van der Waals surface area (Å²) >= 11 is 0. The van der Waals surface area contributed by atoms with Crippen LogP contribution in [0.5, 0.6) is 0 Å².